The number of nitrogens with zero attached hydrogens (tertiary/aromatic N) is 1. The summed E-state index contributed by atoms with van der Waals surface area (Å²) in [5.74, 6) is 1.43. The average Bonchev–Trinajstić information content (AvgIpc) is 2.73. The lowest BCUT2D eigenvalue weighted by atomic mass is 10.1. The number of hydrogen-bond donors (Lipinski definition) is 3. The highest BCUT2D eigenvalue weighted by Crippen LogP contribution is 2.16. The van der Waals surface area contributed by atoms with Gasteiger partial charge in [-0.3, -0.25) is 4.79 Å². The van der Waals surface area contributed by atoms with Crippen LogP contribution in [0.4, 0.5) is 0 Å². The molecule has 1 atom stereocenters. The van der Waals surface area contributed by atoms with Crippen LogP contribution in [0.3, 0.4) is 0 Å². The second-order valence-electron chi connectivity index (χ2n) is 6.56. The molecule has 0 heterocycles. The lowest BCUT2D eigenvalue weighted by molar-refractivity contribution is 0.0963. The van der Waals surface area contributed by atoms with Gasteiger partial charge in [0.2, 0.25) is 0 Å². The summed E-state index contributed by atoms with van der Waals surface area (Å²) in [6.45, 7) is 5.99. The first-order valence-corrected chi connectivity index (χ1v) is 10.1. The van der Waals surface area contributed by atoms with Crippen LogP contribution in [0.1, 0.15) is 29.8 Å². The van der Waals surface area contributed by atoms with Gasteiger partial charge in [-0.25, -0.2) is 4.99 Å². The molecule has 6 nitrogen and oxygen atoms in total. The molecule has 0 saturated carbocycles. The molecule has 0 fully saturated rings. The molecule has 156 valence electrons. The van der Waals surface area contributed by atoms with Crippen molar-refractivity contribution >= 4 is 23.5 Å². The van der Waals surface area contributed by atoms with E-state index in [1.54, 1.807) is 19.2 Å². The molecule has 0 radical (unpaired) electrons. The van der Waals surface area contributed by atoms with Crippen molar-refractivity contribution in [2.24, 2.45) is 4.99 Å². The molecule has 1 unspecified atom stereocenters. The van der Waals surface area contributed by atoms with Crippen molar-refractivity contribution in [1.82, 2.24) is 16.0 Å². The molecule has 0 aliphatic carbocycles. The van der Waals surface area contributed by atoms with Gasteiger partial charge >= 0.3 is 0 Å². The Bertz CT molecular complexity index is 809. The van der Waals surface area contributed by atoms with E-state index in [9.17, 15) is 4.79 Å². The van der Waals surface area contributed by atoms with Crippen LogP contribution in [0.2, 0.25) is 5.02 Å². The second kappa shape index (κ2) is 12.0. The van der Waals surface area contributed by atoms with E-state index in [2.05, 4.69) is 20.9 Å². The van der Waals surface area contributed by atoms with E-state index in [4.69, 9.17) is 16.3 Å². The Hall–Kier alpha value is -2.73. The van der Waals surface area contributed by atoms with Crippen LogP contribution < -0.4 is 20.7 Å². The molecule has 3 N–H and O–H groups in total. The van der Waals surface area contributed by atoms with E-state index < -0.39 is 0 Å². The van der Waals surface area contributed by atoms with Crippen molar-refractivity contribution < 1.29 is 9.53 Å². The summed E-state index contributed by atoms with van der Waals surface area (Å²) < 4.78 is 5.86. The number of amides is 1. The number of rotatable bonds is 9. The van der Waals surface area contributed by atoms with Crippen molar-refractivity contribution in [2.45, 2.75) is 26.4 Å². The summed E-state index contributed by atoms with van der Waals surface area (Å²) in [4.78, 5) is 16.4. The summed E-state index contributed by atoms with van der Waals surface area (Å²) in [5, 5.41) is 9.89. The SMILES string of the molecule is CCNC(=NCC(C)Oc1ccc(Cl)cc1)NCCc1cccc(C(=O)NC)c1. The lowest BCUT2D eigenvalue weighted by Crippen LogP contribution is -2.39. The Morgan fingerprint density at radius 1 is 1.17 bits per heavy atom. The van der Waals surface area contributed by atoms with Crippen molar-refractivity contribution in [3.8, 4) is 5.75 Å². The smallest absolute Gasteiger partial charge is 0.251 e. The average molecular weight is 417 g/mol. The molecule has 1 amide bonds. The predicted molar refractivity (Wildman–Crippen MR) is 119 cm³/mol. The van der Waals surface area contributed by atoms with Gasteiger partial charge in [-0.2, -0.15) is 0 Å². The molecular formula is C22H29ClN4O2. The van der Waals surface area contributed by atoms with Crippen LogP contribution in [-0.2, 0) is 6.42 Å². The van der Waals surface area contributed by atoms with Crippen molar-refractivity contribution in [3.63, 3.8) is 0 Å². The normalized spacial score (nSPS) is 12.2. The molecule has 0 bridgehead atoms. The lowest BCUT2D eigenvalue weighted by Gasteiger charge is -2.15. The molecule has 2 rings (SSSR count). The van der Waals surface area contributed by atoms with Gasteiger partial charge in [-0.05, 0) is 62.2 Å². The van der Waals surface area contributed by atoms with Crippen molar-refractivity contribution in [1.29, 1.82) is 0 Å². The van der Waals surface area contributed by atoms with E-state index in [0.717, 1.165) is 30.2 Å². The first-order valence-electron chi connectivity index (χ1n) is 9.77. The standard InChI is InChI=1S/C22H29ClN4O2/c1-4-25-22(27-15-16(2)29-20-10-8-19(23)9-11-20)26-13-12-17-6-5-7-18(14-17)21(28)24-3/h5-11,14,16H,4,12-13,15H2,1-3H3,(H,24,28)(H2,25,26,27). The molecule has 2 aromatic rings. The van der Waals surface area contributed by atoms with Gasteiger partial charge in [0.25, 0.3) is 5.91 Å². The van der Waals surface area contributed by atoms with Crippen LogP contribution in [0, 0.1) is 0 Å². The maximum Gasteiger partial charge on any atom is 0.251 e. The predicted octanol–water partition coefficient (Wildman–Crippen LogP) is 3.26. The third-order valence-corrected chi connectivity index (χ3v) is 4.38. The van der Waals surface area contributed by atoms with Gasteiger partial charge < -0.3 is 20.7 Å². The molecule has 7 heteroatoms. The third kappa shape index (κ3) is 8.03. The Morgan fingerprint density at radius 3 is 2.62 bits per heavy atom. The molecule has 0 saturated heterocycles. The van der Waals surface area contributed by atoms with Crippen LogP contribution in [-0.4, -0.2) is 44.7 Å². The zero-order valence-electron chi connectivity index (χ0n) is 17.2. The van der Waals surface area contributed by atoms with Crippen LogP contribution in [0.25, 0.3) is 0 Å². The minimum absolute atomic E-state index is 0.0733. The number of guanidine groups is 1. The molecule has 0 aliphatic rings. The number of halogens is 1. The molecular weight excluding hydrogens is 388 g/mol. The van der Waals surface area contributed by atoms with E-state index in [-0.39, 0.29) is 12.0 Å². The number of carbonyl (C=O) groups is 1. The quantitative estimate of drug-likeness (QED) is 0.433. The highest BCUT2D eigenvalue weighted by Gasteiger charge is 2.06. The summed E-state index contributed by atoms with van der Waals surface area (Å²) in [6, 6.07) is 14.9. The summed E-state index contributed by atoms with van der Waals surface area (Å²) in [5.41, 5.74) is 1.76. The van der Waals surface area contributed by atoms with Crippen LogP contribution in [0.15, 0.2) is 53.5 Å². The van der Waals surface area contributed by atoms with Crippen LogP contribution in [0.5, 0.6) is 5.75 Å². The molecule has 0 aromatic heterocycles. The molecule has 0 aliphatic heterocycles. The van der Waals surface area contributed by atoms with Gasteiger partial charge in [0, 0.05) is 30.7 Å². The number of benzene rings is 2. The highest BCUT2D eigenvalue weighted by atomic mass is 35.5. The van der Waals surface area contributed by atoms with Gasteiger partial charge in [-0.1, -0.05) is 23.7 Å². The zero-order chi connectivity index (χ0) is 21.1. The van der Waals surface area contributed by atoms with Crippen molar-refractivity contribution in [3.05, 3.63) is 64.7 Å². The van der Waals surface area contributed by atoms with E-state index in [1.165, 1.54) is 0 Å². The summed E-state index contributed by atoms with van der Waals surface area (Å²) >= 11 is 5.90. The second-order valence-corrected chi connectivity index (χ2v) is 6.99. The molecule has 0 spiro atoms. The Kier molecular flexibility index (Phi) is 9.31. The Balaban J connectivity index is 1.85. The minimum Gasteiger partial charge on any atom is -0.489 e. The van der Waals surface area contributed by atoms with E-state index in [1.807, 2.05) is 50.2 Å². The fraction of sp³-hybridized carbons (Fsp3) is 0.364. The third-order valence-electron chi connectivity index (χ3n) is 4.12. The van der Waals surface area contributed by atoms with E-state index >= 15 is 0 Å². The number of nitrogens with one attached hydrogen (secondary N) is 3. The first-order chi connectivity index (χ1) is 14.0. The summed E-state index contributed by atoms with van der Waals surface area (Å²) in [7, 11) is 1.63. The Labute approximate surface area is 177 Å². The maximum atomic E-state index is 11.8. The van der Waals surface area contributed by atoms with Gasteiger partial charge in [0.15, 0.2) is 5.96 Å². The van der Waals surface area contributed by atoms with E-state index in [0.29, 0.717) is 23.7 Å². The first kappa shape index (κ1) is 22.6. The van der Waals surface area contributed by atoms with Gasteiger partial charge in [0.05, 0.1) is 6.54 Å². The highest BCUT2D eigenvalue weighted by molar-refractivity contribution is 6.30. The van der Waals surface area contributed by atoms with Gasteiger partial charge in [0.1, 0.15) is 11.9 Å². The maximum absolute atomic E-state index is 11.8. The monoisotopic (exact) mass is 416 g/mol. The van der Waals surface area contributed by atoms with Crippen LogP contribution >= 0.6 is 11.6 Å². The van der Waals surface area contributed by atoms with Crippen molar-refractivity contribution in [2.75, 3.05) is 26.7 Å². The number of aliphatic imine (C=N–C) groups is 1. The zero-order valence-corrected chi connectivity index (χ0v) is 17.9. The minimum atomic E-state index is -0.0793. The number of ether oxygens (including phenoxy) is 1. The fourth-order valence-electron chi connectivity index (χ4n) is 2.68. The number of hydrogen-bond acceptors (Lipinski definition) is 3. The molecule has 2 aromatic carbocycles. The Morgan fingerprint density at radius 2 is 1.93 bits per heavy atom. The number of carbonyl (C=O) groups excluding carboxylic acids is 1. The van der Waals surface area contributed by atoms with Gasteiger partial charge in [-0.15, -0.1) is 0 Å². The molecule has 29 heavy (non-hydrogen) atoms. The largest absolute Gasteiger partial charge is 0.489 e. The fourth-order valence-corrected chi connectivity index (χ4v) is 2.81. The summed E-state index contributed by atoms with van der Waals surface area (Å²) in [6.07, 6.45) is 0.711. The topological polar surface area (TPSA) is 74.8 Å².